The highest BCUT2D eigenvalue weighted by molar-refractivity contribution is 6.42. The molecule has 3 heterocycles. The number of anilines is 1. The minimum absolute atomic E-state index is 0.00438. The van der Waals surface area contributed by atoms with Gasteiger partial charge in [0.2, 0.25) is 5.91 Å². The van der Waals surface area contributed by atoms with Gasteiger partial charge in [-0.1, -0.05) is 29.3 Å². The van der Waals surface area contributed by atoms with Crippen molar-refractivity contribution in [2.75, 3.05) is 24.5 Å². The number of benzene rings is 2. The summed E-state index contributed by atoms with van der Waals surface area (Å²) in [4.78, 5) is 22.8. The number of fused-ring (bicyclic) bond motifs is 1. The minimum atomic E-state index is -0.524. The zero-order chi connectivity index (χ0) is 24.0. The highest BCUT2D eigenvalue weighted by Gasteiger charge is 2.42. The van der Waals surface area contributed by atoms with Crippen molar-refractivity contribution in [2.24, 2.45) is 10.9 Å². The van der Waals surface area contributed by atoms with Gasteiger partial charge >= 0.3 is 0 Å². The Kier molecular flexibility index (Phi) is 6.08. The van der Waals surface area contributed by atoms with Crippen LogP contribution in [0.25, 0.3) is 0 Å². The van der Waals surface area contributed by atoms with E-state index in [1.54, 1.807) is 35.1 Å². The first kappa shape index (κ1) is 22.9. The standard InChI is InChI=1S/C25H24Cl2FN5O/c1-15-14-31(19-6-4-18(28)5-7-19)11-12-32(15)25(34)23-16(2)30-22-9-10-29-33(22)24(23)17-3-8-20(26)21(27)13-17/h3-10,13,15,23-24H,11-12,14H2,1-2H3. The Hall–Kier alpha value is -2.90. The maximum atomic E-state index is 14.0. The van der Waals surface area contributed by atoms with Crippen molar-refractivity contribution in [3.8, 4) is 0 Å². The van der Waals surface area contributed by atoms with Crippen LogP contribution in [0.5, 0.6) is 0 Å². The molecule has 5 rings (SSSR count). The summed E-state index contributed by atoms with van der Waals surface area (Å²) in [6.45, 7) is 5.81. The van der Waals surface area contributed by atoms with E-state index in [1.807, 2.05) is 30.9 Å². The summed E-state index contributed by atoms with van der Waals surface area (Å²) in [6, 6.07) is 13.3. The van der Waals surface area contributed by atoms with Crippen LogP contribution in [0.4, 0.5) is 15.9 Å². The van der Waals surface area contributed by atoms with Crippen LogP contribution in [0, 0.1) is 11.7 Å². The van der Waals surface area contributed by atoms with Crippen molar-refractivity contribution in [1.29, 1.82) is 0 Å². The van der Waals surface area contributed by atoms with Crippen LogP contribution in [0.1, 0.15) is 25.5 Å². The quantitative estimate of drug-likeness (QED) is 0.486. The van der Waals surface area contributed by atoms with Crippen molar-refractivity contribution in [3.63, 3.8) is 0 Å². The molecule has 1 amide bonds. The number of hydrogen-bond acceptors (Lipinski definition) is 4. The van der Waals surface area contributed by atoms with Gasteiger partial charge in [0, 0.05) is 43.1 Å². The van der Waals surface area contributed by atoms with E-state index in [1.165, 1.54) is 12.1 Å². The third kappa shape index (κ3) is 4.07. The van der Waals surface area contributed by atoms with E-state index in [2.05, 4.69) is 15.0 Å². The summed E-state index contributed by atoms with van der Waals surface area (Å²) in [5.41, 5.74) is 2.54. The lowest BCUT2D eigenvalue weighted by Crippen LogP contribution is -2.57. The summed E-state index contributed by atoms with van der Waals surface area (Å²) in [5, 5.41) is 5.37. The molecule has 1 fully saturated rings. The van der Waals surface area contributed by atoms with Crippen LogP contribution in [0.15, 0.2) is 59.7 Å². The topological polar surface area (TPSA) is 53.7 Å². The van der Waals surface area contributed by atoms with E-state index in [9.17, 15) is 9.18 Å². The van der Waals surface area contributed by atoms with E-state index in [4.69, 9.17) is 23.2 Å². The SMILES string of the molecule is CC1=Nc2ccnn2C(c2ccc(Cl)c(Cl)c2)C1C(=O)N1CCN(c2ccc(F)cc2)CC1C. The van der Waals surface area contributed by atoms with Crippen molar-refractivity contribution in [3.05, 3.63) is 76.2 Å². The van der Waals surface area contributed by atoms with Gasteiger partial charge in [-0.25, -0.2) is 14.1 Å². The molecule has 2 aliphatic rings. The van der Waals surface area contributed by atoms with E-state index >= 15 is 0 Å². The Morgan fingerprint density at radius 2 is 1.82 bits per heavy atom. The van der Waals surface area contributed by atoms with Gasteiger partial charge in [0.25, 0.3) is 0 Å². The van der Waals surface area contributed by atoms with Crippen LogP contribution < -0.4 is 4.90 Å². The fraction of sp³-hybridized carbons (Fsp3) is 0.320. The number of hydrogen-bond donors (Lipinski definition) is 0. The zero-order valence-electron chi connectivity index (χ0n) is 18.8. The molecule has 0 aliphatic carbocycles. The Morgan fingerprint density at radius 3 is 2.53 bits per heavy atom. The van der Waals surface area contributed by atoms with E-state index in [0.717, 1.165) is 17.0 Å². The van der Waals surface area contributed by atoms with Gasteiger partial charge in [0.15, 0.2) is 5.82 Å². The van der Waals surface area contributed by atoms with Gasteiger partial charge in [-0.2, -0.15) is 5.10 Å². The molecule has 3 aromatic rings. The van der Waals surface area contributed by atoms with Crippen molar-refractivity contribution >= 4 is 46.3 Å². The molecule has 9 heteroatoms. The fourth-order valence-corrected chi connectivity index (χ4v) is 5.23. The lowest BCUT2D eigenvalue weighted by molar-refractivity contribution is -0.136. The Labute approximate surface area is 207 Å². The second-order valence-corrected chi connectivity index (χ2v) is 9.60. The smallest absolute Gasteiger partial charge is 0.234 e. The second-order valence-electron chi connectivity index (χ2n) is 8.79. The number of carbonyl (C=O) groups is 1. The van der Waals surface area contributed by atoms with Gasteiger partial charge in [0.1, 0.15) is 11.7 Å². The summed E-state index contributed by atoms with van der Waals surface area (Å²) in [6.07, 6.45) is 1.69. The van der Waals surface area contributed by atoms with Crippen LogP contribution in [-0.2, 0) is 4.79 Å². The second kappa shape index (κ2) is 9.04. The predicted molar refractivity (Wildman–Crippen MR) is 133 cm³/mol. The molecule has 2 aliphatic heterocycles. The molecule has 176 valence electrons. The van der Waals surface area contributed by atoms with Crippen LogP contribution in [0.3, 0.4) is 0 Å². The summed E-state index contributed by atoms with van der Waals surface area (Å²) >= 11 is 12.5. The fourth-order valence-electron chi connectivity index (χ4n) is 4.92. The highest BCUT2D eigenvalue weighted by Crippen LogP contribution is 2.39. The number of piperazine rings is 1. The van der Waals surface area contributed by atoms with E-state index in [0.29, 0.717) is 35.5 Å². The molecular weight excluding hydrogens is 476 g/mol. The number of amides is 1. The van der Waals surface area contributed by atoms with Crippen molar-refractivity contribution in [2.45, 2.75) is 25.9 Å². The summed E-state index contributed by atoms with van der Waals surface area (Å²) in [7, 11) is 0. The number of rotatable bonds is 3. The molecule has 1 aromatic heterocycles. The molecule has 3 unspecified atom stereocenters. The number of aliphatic imine (C=N–C) groups is 1. The number of nitrogens with zero attached hydrogens (tertiary/aromatic N) is 5. The summed E-state index contributed by atoms with van der Waals surface area (Å²) in [5.74, 6) is -0.0787. The first-order valence-corrected chi connectivity index (χ1v) is 11.9. The number of carbonyl (C=O) groups excluding carboxylic acids is 1. The molecule has 1 saturated heterocycles. The zero-order valence-corrected chi connectivity index (χ0v) is 20.3. The Balaban J connectivity index is 1.44. The summed E-state index contributed by atoms with van der Waals surface area (Å²) < 4.78 is 15.1. The minimum Gasteiger partial charge on any atom is -0.368 e. The molecular formula is C25H24Cl2FN5O. The van der Waals surface area contributed by atoms with E-state index in [-0.39, 0.29) is 23.8 Å². The third-order valence-corrected chi connectivity index (χ3v) is 7.36. The van der Waals surface area contributed by atoms with Crippen molar-refractivity contribution in [1.82, 2.24) is 14.7 Å². The molecule has 0 spiro atoms. The molecule has 34 heavy (non-hydrogen) atoms. The molecule has 6 nitrogen and oxygen atoms in total. The van der Waals surface area contributed by atoms with Crippen LogP contribution in [-0.4, -0.2) is 52.0 Å². The molecule has 0 bridgehead atoms. The Bertz CT molecular complexity index is 1260. The third-order valence-electron chi connectivity index (χ3n) is 6.62. The number of halogens is 3. The largest absolute Gasteiger partial charge is 0.368 e. The first-order valence-electron chi connectivity index (χ1n) is 11.2. The molecule has 3 atom stereocenters. The van der Waals surface area contributed by atoms with Crippen molar-refractivity contribution < 1.29 is 9.18 Å². The molecule has 0 saturated carbocycles. The van der Waals surface area contributed by atoms with Crippen LogP contribution in [0.2, 0.25) is 10.0 Å². The monoisotopic (exact) mass is 499 g/mol. The maximum absolute atomic E-state index is 14.0. The lowest BCUT2D eigenvalue weighted by Gasteiger charge is -2.43. The molecule has 0 radical (unpaired) electrons. The Morgan fingerprint density at radius 1 is 1.06 bits per heavy atom. The normalized spacial score (nSPS) is 22.4. The van der Waals surface area contributed by atoms with Gasteiger partial charge in [-0.15, -0.1) is 0 Å². The molecule has 2 aromatic carbocycles. The lowest BCUT2D eigenvalue weighted by atomic mass is 9.86. The highest BCUT2D eigenvalue weighted by atomic mass is 35.5. The van der Waals surface area contributed by atoms with Gasteiger partial charge < -0.3 is 9.80 Å². The van der Waals surface area contributed by atoms with E-state index < -0.39 is 5.92 Å². The maximum Gasteiger partial charge on any atom is 0.234 e. The number of aromatic nitrogens is 2. The molecule has 0 N–H and O–H groups in total. The van der Waals surface area contributed by atoms with Gasteiger partial charge in [-0.05, 0) is 55.8 Å². The first-order chi connectivity index (χ1) is 16.3. The van der Waals surface area contributed by atoms with Gasteiger partial charge in [0.05, 0.1) is 22.3 Å². The predicted octanol–water partition coefficient (Wildman–Crippen LogP) is 5.38. The van der Waals surface area contributed by atoms with Gasteiger partial charge in [-0.3, -0.25) is 4.79 Å². The average molecular weight is 500 g/mol. The average Bonchev–Trinajstić information content (AvgIpc) is 3.28. The van der Waals surface area contributed by atoms with Crippen LogP contribution >= 0.6 is 23.2 Å².